The van der Waals surface area contributed by atoms with Crippen LogP contribution in [-0.4, -0.2) is 11.9 Å². The van der Waals surface area contributed by atoms with Gasteiger partial charge < -0.3 is 10.2 Å². The molecule has 2 heterocycles. The number of carbonyl (C=O) groups is 1. The molecule has 2 rings (SSSR count). The molecule has 14 heavy (non-hydrogen) atoms. The van der Waals surface area contributed by atoms with Crippen LogP contribution in [0, 0.1) is 0 Å². The molecule has 74 valence electrons. The normalized spacial score (nSPS) is 26.1. The van der Waals surface area contributed by atoms with Gasteiger partial charge in [0, 0.05) is 0 Å². The number of carbonyl (C=O) groups excluding carboxylic acids is 1. The Morgan fingerprint density at radius 2 is 2.36 bits per heavy atom. The predicted octanol–water partition coefficient (Wildman–Crippen LogP) is 0.702. The standard InChI is InChI=1S/C8H8BrN3O2/c1-8(4-2-3-5(9)14-4)6(13)11-7(10)12-8/h2-3H,1H3,(H3,10,11,12,13). The summed E-state index contributed by atoms with van der Waals surface area (Å²) >= 11 is 3.16. The van der Waals surface area contributed by atoms with Crippen molar-refractivity contribution in [3.8, 4) is 0 Å². The number of halogens is 1. The van der Waals surface area contributed by atoms with Crippen molar-refractivity contribution >= 4 is 27.8 Å². The Kier molecular flexibility index (Phi) is 1.88. The van der Waals surface area contributed by atoms with Gasteiger partial charge in [0.25, 0.3) is 5.91 Å². The number of nitrogens with two attached hydrogens (primary N) is 1. The molecule has 0 radical (unpaired) electrons. The van der Waals surface area contributed by atoms with Crippen molar-refractivity contribution in [2.24, 2.45) is 10.7 Å². The van der Waals surface area contributed by atoms with Crippen LogP contribution < -0.4 is 11.1 Å². The van der Waals surface area contributed by atoms with E-state index < -0.39 is 5.54 Å². The molecule has 0 saturated heterocycles. The topological polar surface area (TPSA) is 80.6 Å². The van der Waals surface area contributed by atoms with Crippen molar-refractivity contribution in [3.05, 3.63) is 22.6 Å². The van der Waals surface area contributed by atoms with Crippen LogP contribution in [0.25, 0.3) is 0 Å². The summed E-state index contributed by atoms with van der Waals surface area (Å²) in [4.78, 5) is 15.5. The molecule has 1 amide bonds. The van der Waals surface area contributed by atoms with Gasteiger partial charge in [-0.1, -0.05) is 0 Å². The second-order valence-electron chi connectivity index (χ2n) is 3.13. The van der Waals surface area contributed by atoms with E-state index in [2.05, 4.69) is 26.2 Å². The summed E-state index contributed by atoms with van der Waals surface area (Å²) in [6, 6.07) is 3.39. The number of amides is 1. The summed E-state index contributed by atoms with van der Waals surface area (Å²) in [5.41, 5.74) is 4.36. The first-order valence-corrected chi connectivity index (χ1v) is 4.74. The Morgan fingerprint density at radius 3 is 2.79 bits per heavy atom. The fraction of sp³-hybridized carbons (Fsp3) is 0.250. The highest BCUT2D eigenvalue weighted by Crippen LogP contribution is 2.31. The van der Waals surface area contributed by atoms with Crippen molar-refractivity contribution < 1.29 is 9.21 Å². The van der Waals surface area contributed by atoms with E-state index in [1.807, 2.05) is 0 Å². The highest BCUT2D eigenvalue weighted by atomic mass is 79.9. The quantitative estimate of drug-likeness (QED) is 0.778. The van der Waals surface area contributed by atoms with Gasteiger partial charge in [-0.2, -0.15) is 0 Å². The van der Waals surface area contributed by atoms with E-state index in [0.29, 0.717) is 10.4 Å². The van der Waals surface area contributed by atoms with Gasteiger partial charge in [0.2, 0.25) is 0 Å². The fourth-order valence-corrected chi connectivity index (χ4v) is 1.61. The molecular formula is C8H8BrN3O2. The number of nitrogens with one attached hydrogen (secondary N) is 1. The second kappa shape index (κ2) is 2.84. The van der Waals surface area contributed by atoms with Gasteiger partial charge in [-0.05, 0) is 35.0 Å². The summed E-state index contributed by atoms with van der Waals surface area (Å²) < 4.78 is 5.84. The predicted molar refractivity (Wildman–Crippen MR) is 53.5 cm³/mol. The summed E-state index contributed by atoms with van der Waals surface area (Å²) in [5.74, 6) is 0.296. The first-order valence-electron chi connectivity index (χ1n) is 3.95. The second-order valence-corrected chi connectivity index (χ2v) is 3.91. The number of hydrogen-bond acceptors (Lipinski definition) is 4. The average Bonchev–Trinajstić information content (AvgIpc) is 2.59. The Balaban J connectivity index is 2.47. The van der Waals surface area contributed by atoms with Crippen LogP contribution in [0.2, 0.25) is 0 Å². The highest BCUT2D eigenvalue weighted by Gasteiger charge is 2.42. The van der Waals surface area contributed by atoms with E-state index >= 15 is 0 Å². The zero-order chi connectivity index (χ0) is 10.3. The summed E-state index contributed by atoms with van der Waals surface area (Å²) in [6.07, 6.45) is 0. The van der Waals surface area contributed by atoms with E-state index in [0.717, 1.165) is 0 Å². The van der Waals surface area contributed by atoms with Gasteiger partial charge in [-0.15, -0.1) is 0 Å². The number of hydrogen-bond donors (Lipinski definition) is 2. The average molecular weight is 258 g/mol. The summed E-state index contributed by atoms with van der Waals surface area (Å²) in [6.45, 7) is 1.65. The molecule has 1 atom stereocenters. The maximum absolute atomic E-state index is 11.5. The van der Waals surface area contributed by atoms with Gasteiger partial charge in [-0.3, -0.25) is 10.1 Å². The van der Waals surface area contributed by atoms with Gasteiger partial charge in [0.15, 0.2) is 16.2 Å². The van der Waals surface area contributed by atoms with Crippen LogP contribution in [-0.2, 0) is 10.3 Å². The SMILES string of the molecule is CC1(c2ccc(Br)o2)N=C(N)NC1=O. The Morgan fingerprint density at radius 1 is 1.64 bits per heavy atom. The molecule has 1 aromatic rings. The van der Waals surface area contributed by atoms with E-state index in [1.165, 1.54) is 0 Å². The molecule has 3 N–H and O–H groups in total. The third-order valence-electron chi connectivity index (χ3n) is 2.08. The van der Waals surface area contributed by atoms with Gasteiger partial charge >= 0.3 is 0 Å². The van der Waals surface area contributed by atoms with Gasteiger partial charge in [0.05, 0.1) is 0 Å². The molecule has 0 fully saturated rings. The number of aliphatic imine (C=N–C) groups is 1. The van der Waals surface area contributed by atoms with Crippen molar-refractivity contribution in [2.45, 2.75) is 12.5 Å². The lowest BCUT2D eigenvalue weighted by Crippen LogP contribution is -2.36. The zero-order valence-corrected chi connectivity index (χ0v) is 8.96. The monoisotopic (exact) mass is 257 g/mol. The summed E-state index contributed by atoms with van der Waals surface area (Å²) in [7, 11) is 0. The van der Waals surface area contributed by atoms with Crippen LogP contribution in [0.4, 0.5) is 0 Å². The lowest BCUT2D eigenvalue weighted by Gasteiger charge is -2.13. The van der Waals surface area contributed by atoms with Crippen molar-refractivity contribution in [1.82, 2.24) is 5.32 Å². The van der Waals surface area contributed by atoms with Crippen LogP contribution in [0.1, 0.15) is 12.7 Å². The number of rotatable bonds is 1. The van der Waals surface area contributed by atoms with E-state index in [-0.39, 0.29) is 11.9 Å². The molecule has 0 spiro atoms. The smallest absolute Gasteiger partial charge is 0.262 e. The minimum absolute atomic E-state index is 0.116. The van der Waals surface area contributed by atoms with E-state index in [1.54, 1.807) is 19.1 Å². The molecule has 0 bridgehead atoms. The van der Waals surface area contributed by atoms with Crippen LogP contribution in [0.3, 0.4) is 0 Å². The first kappa shape index (κ1) is 9.26. The molecule has 1 aliphatic rings. The maximum Gasteiger partial charge on any atom is 0.262 e. The molecule has 0 aliphatic carbocycles. The van der Waals surface area contributed by atoms with Crippen LogP contribution in [0.5, 0.6) is 0 Å². The first-order chi connectivity index (χ1) is 6.52. The zero-order valence-electron chi connectivity index (χ0n) is 7.37. The third-order valence-corrected chi connectivity index (χ3v) is 2.51. The molecule has 1 aromatic heterocycles. The molecule has 1 unspecified atom stereocenters. The van der Waals surface area contributed by atoms with Crippen molar-refractivity contribution in [1.29, 1.82) is 0 Å². The van der Waals surface area contributed by atoms with Crippen molar-refractivity contribution in [3.63, 3.8) is 0 Å². The molecule has 0 aromatic carbocycles. The molecule has 1 aliphatic heterocycles. The Labute approximate surface area is 88.5 Å². The minimum Gasteiger partial charge on any atom is -0.451 e. The molecule has 5 nitrogen and oxygen atoms in total. The minimum atomic E-state index is -1.05. The Hall–Kier alpha value is -1.30. The number of guanidine groups is 1. The van der Waals surface area contributed by atoms with Crippen molar-refractivity contribution in [2.75, 3.05) is 0 Å². The Bertz CT molecular complexity index is 426. The van der Waals surface area contributed by atoms with Gasteiger partial charge in [-0.25, -0.2) is 4.99 Å². The lowest BCUT2D eigenvalue weighted by atomic mass is 10.0. The number of furan rings is 1. The molecular weight excluding hydrogens is 250 g/mol. The highest BCUT2D eigenvalue weighted by molar-refractivity contribution is 9.10. The molecule has 0 saturated carbocycles. The largest absolute Gasteiger partial charge is 0.451 e. The fourth-order valence-electron chi connectivity index (χ4n) is 1.30. The molecule has 6 heteroatoms. The number of nitrogens with zero attached hydrogens (tertiary/aromatic N) is 1. The third kappa shape index (κ3) is 1.22. The van der Waals surface area contributed by atoms with E-state index in [9.17, 15) is 4.79 Å². The van der Waals surface area contributed by atoms with E-state index in [4.69, 9.17) is 10.2 Å². The maximum atomic E-state index is 11.5. The van der Waals surface area contributed by atoms with Gasteiger partial charge in [0.1, 0.15) is 5.76 Å². The lowest BCUT2D eigenvalue weighted by molar-refractivity contribution is -0.124. The summed E-state index contributed by atoms with van der Waals surface area (Å²) in [5, 5.41) is 2.43. The van der Waals surface area contributed by atoms with Crippen LogP contribution in [0.15, 0.2) is 26.2 Å². The van der Waals surface area contributed by atoms with Crippen LogP contribution >= 0.6 is 15.9 Å².